The van der Waals surface area contributed by atoms with Crippen LogP contribution in [0.1, 0.15) is 30.0 Å². The fourth-order valence-electron chi connectivity index (χ4n) is 3.41. The van der Waals surface area contributed by atoms with Gasteiger partial charge in [-0.15, -0.1) is 5.10 Å². The van der Waals surface area contributed by atoms with Gasteiger partial charge in [0.1, 0.15) is 0 Å². The molecule has 27 heavy (non-hydrogen) atoms. The minimum atomic E-state index is -3.32. The van der Waals surface area contributed by atoms with Crippen LogP contribution in [0.3, 0.4) is 0 Å². The number of methoxy groups -OCH3 is 2. The van der Waals surface area contributed by atoms with Gasteiger partial charge < -0.3 is 14.6 Å². The molecule has 1 aromatic heterocycles. The monoisotopic (exact) mass is 413 g/mol. The molecule has 0 aliphatic carbocycles. The van der Waals surface area contributed by atoms with E-state index in [9.17, 15) is 13.5 Å². The third-order valence-corrected chi connectivity index (χ3v) is 7.21. The average molecular weight is 414 g/mol. The maximum Gasteiger partial charge on any atom is 0.200 e. The van der Waals surface area contributed by atoms with Gasteiger partial charge in [-0.25, -0.2) is 8.42 Å². The summed E-state index contributed by atoms with van der Waals surface area (Å²) in [4.78, 5) is 2.24. The molecule has 148 valence electrons. The number of benzene rings is 1. The maximum absolute atomic E-state index is 12.0. The Morgan fingerprint density at radius 2 is 1.96 bits per heavy atom. The molecule has 0 saturated carbocycles. The molecule has 1 aliphatic heterocycles. The van der Waals surface area contributed by atoms with Crippen LogP contribution in [0.4, 0.5) is 0 Å². The molecule has 2 aromatic rings. The Kier molecular flexibility index (Phi) is 5.87. The number of hydrogen-bond acceptors (Lipinski definition) is 9. The van der Waals surface area contributed by atoms with Gasteiger partial charge in [-0.1, -0.05) is 4.49 Å². The van der Waals surface area contributed by atoms with Crippen LogP contribution in [0.5, 0.6) is 17.2 Å². The molecular weight excluding hydrogens is 390 g/mol. The van der Waals surface area contributed by atoms with E-state index in [4.69, 9.17) is 9.47 Å². The number of aromatic nitrogens is 2. The van der Waals surface area contributed by atoms with Crippen molar-refractivity contribution in [3.8, 4) is 17.2 Å². The zero-order valence-corrected chi connectivity index (χ0v) is 17.1. The molecule has 3 rings (SSSR count). The van der Waals surface area contributed by atoms with E-state index >= 15 is 0 Å². The molecule has 1 saturated heterocycles. The number of aromatic hydroxyl groups is 1. The zero-order chi connectivity index (χ0) is 19.6. The van der Waals surface area contributed by atoms with Crippen molar-refractivity contribution in [2.24, 2.45) is 0 Å². The summed E-state index contributed by atoms with van der Waals surface area (Å²) in [6, 6.07) is 3.57. The Hall–Kier alpha value is -1.91. The third-order valence-electron chi connectivity index (χ3n) is 4.66. The molecular formula is C17H23N3O5S2. The van der Waals surface area contributed by atoms with Crippen LogP contribution in [0.2, 0.25) is 0 Å². The summed E-state index contributed by atoms with van der Waals surface area (Å²) in [7, 11) is -0.330. The molecule has 1 unspecified atom stereocenters. The number of likely N-dealkylation sites (tertiary alicyclic amines) is 1. The summed E-state index contributed by atoms with van der Waals surface area (Å²) >= 11 is 0.938. The zero-order valence-electron chi connectivity index (χ0n) is 15.5. The van der Waals surface area contributed by atoms with Crippen molar-refractivity contribution in [2.45, 2.75) is 29.5 Å². The summed E-state index contributed by atoms with van der Waals surface area (Å²) in [5.41, 5.74) is 1.52. The minimum Gasteiger partial charge on any atom is -0.502 e. The van der Waals surface area contributed by atoms with Gasteiger partial charge in [0.25, 0.3) is 0 Å². The maximum atomic E-state index is 12.0. The molecule has 1 N–H and O–H groups in total. The van der Waals surface area contributed by atoms with Gasteiger partial charge in [-0.3, -0.25) is 4.90 Å². The molecule has 10 heteroatoms. The Bertz CT molecular complexity index is 888. The lowest BCUT2D eigenvalue weighted by molar-refractivity contribution is 0.197. The Labute approximate surface area is 162 Å². The van der Waals surface area contributed by atoms with Crippen LogP contribution >= 0.6 is 11.5 Å². The molecule has 0 spiro atoms. The van der Waals surface area contributed by atoms with E-state index in [1.807, 2.05) is 0 Å². The number of phenols is 1. The van der Waals surface area contributed by atoms with E-state index in [1.54, 1.807) is 12.1 Å². The van der Waals surface area contributed by atoms with E-state index in [0.717, 1.165) is 36.5 Å². The van der Waals surface area contributed by atoms with Crippen LogP contribution in [-0.2, 0) is 16.4 Å². The van der Waals surface area contributed by atoms with Crippen LogP contribution in [-0.4, -0.2) is 61.6 Å². The normalized spacial score (nSPS) is 18.4. The van der Waals surface area contributed by atoms with Crippen molar-refractivity contribution >= 4 is 21.4 Å². The van der Waals surface area contributed by atoms with Crippen molar-refractivity contribution in [3.05, 3.63) is 23.4 Å². The third kappa shape index (κ3) is 4.33. The second-order valence-electron chi connectivity index (χ2n) is 6.64. The second-order valence-corrected chi connectivity index (χ2v) is 9.61. The Balaban J connectivity index is 1.79. The fourth-order valence-corrected chi connectivity index (χ4v) is 5.15. The summed E-state index contributed by atoms with van der Waals surface area (Å²) in [6.45, 7) is 2.22. The van der Waals surface area contributed by atoms with Crippen LogP contribution < -0.4 is 9.47 Å². The highest BCUT2D eigenvalue weighted by atomic mass is 32.2. The molecule has 1 fully saturated rings. The lowest BCUT2D eigenvalue weighted by atomic mass is 9.95. The summed E-state index contributed by atoms with van der Waals surface area (Å²) in [6.07, 6.45) is 3.02. The molecule has 8 nitrogen and oxygen atoms in total. The van der Waals surface area contributed by atoms with E-state index in [1.165, 1.54) is 20.5 Å². The predicted molar refractivity (Wildman–Crippen MR) is 101 cm³/mol. The molecule has 1 aromatic carbocycles. The first-order valence-corrected chi connectivity index (χ1v) is 11.2. The second kappa shape index (κ2) is 7.99. The fraction of sp³-hybridized carbons (Fsp3) is 0.529. The predicted octanol–water partition coefficient (Wildman–Crippen LogP) is 2.04. The molecule has 1 aliphatic rings. The van der Waals surface area contributed by atoms with E-state index in [0.29, 0.717) is 30.3 Å². The van der Waals surface area contributed by atoms with Crippen LogP contribution in [0.15, 0.2) is 16.3 Å². The van der Waals surface area contributed by atoms with Gasteiger partial charge in [0, 0.05) is 36.8 Å². The number of nitrogens with zero attached hydrogens (tertiary/aromatic N) is 3. The van der Waals surface area contributed by atoms with Gasteiger partial charge in [-0.05, 0) is 37.1 Å². The minimum absolute atomic E-state index is 0.0217. The highest BCUT2D eigenvalue weighted by Gasteiger charge is 2.29. The van der Waals surface area contributed by atoms with E-state index < -0.39 is 9.84 Å². The van der Waals surface area contributed by atoms with Crippen molar-refractivity contribution in [2.75, 3.05) is 33.6 Å². The van der Waals surface area contributed by atoms with Crippen molar-refractivity contribution in [3.63, 3.8) is 0 Å². The van der Waals surface area contributed by atoms with Crippen LogP contribution in [0.25, 0.3) is 0 Å². The smallest absolute Gasteiger partial charge is 0.200 e. The van der Waals surface area contributed by atoms with Gasteiger partial charge in [0.15, 0.2) is 25.5 Å². The standard InChI is InChI=1S/C17H23N3O5S2/c1-24-13-7-11(8-14(25-2)16(13)21)9-20-6-4-5-12(10-20)15-17(26-19-18-15)27(3,22)23/h7-8,12,21H,4-6,9-10H2,1-3H3. The van der Waals surface area contributed by atoms with Crippen LogP contribution in [0, 0.1) is 0 Å². The lowest BCUT2D eigenvalue weighted by Crippen LogP contribution is -2.34. The number of hydrogen-bond donors (Lipinski definition) is 1. The Morgan fingerprint density at radius 1 is 1.30 bits per heavy atom. The highest BCUT2D eigenvalue weighted by Crippen LogP contribution is 2.38. The van der Waals surface area contributed by atoms with E-state index in [2.05, 4.69) is 14.5 Å². The van der Waals surface area contributed by atoms with E-state index in [-0.39, 0.29) is 15.9 Å². The first-order chi connectivity index (χ1) is 12.8. The van der Waals surface area contributed by atoms with Gasteiger partial charge >= 0.3 is 0 Å². The van der Waals surface area contributed by atoms with Gasteiger partial charge in [0.05, 0.1) is 19.9 Å². The SMILES string of the molecule is COc1cc(CN2CCCC(c3nnsc3S(C)(=O)=O)C2)cc(OC)c1O. The first-order valence-electron chi connectivity index (χ1n) is 8.52. The van der Waals surface area contributed by atoms with Gasteiger partial charge in [0.2, 0.25) is 5.75 Å². The Morgan fingerprint density at radius 3 is 2.56 bits per heavy atom. The topological polar surface area (TPSA) is 102 Å². The highest BCUT2D eigenvalue weighted by molar-refractivity contribution is 7.92. The van der Waals surface area contributed by atoms with Crippen molar-refractivity contribution in [1.82, 2.24) is 14.5 Å². The summed E-state index contributed by atoms with van der Waals surface area (Å²) in [5, 5.41) is 14.2. The number of rotatable bonds is 6. The first kappa shape index (κ1) is 19.8. The number of phenolic OH excluding ortho intramolecular Hbond substituents is 1. The lowest BCUT2D eigenvalue weighted by Gasteiger charge is -2.32. The van der Waals surface area contributed by atoms with Gasteiger partial charge in [-0.2, -0.15) is 0 Å². The number of sulfone groups is 1. The molecule has 0 bridgehead atoms. The quantitative estimate of drug-likeness (QED) is 0.768. The van der Waals surface area contributed by atoms with Crippen molar-refractivity contribution in [1.29, 1.82) is 0 Å². The number of piperidine rings is 1. The summed E-state index contributed by atoms with van der Waals surface area (Å²) in [5.74, 6) is 0.733. The molecule has 0 amide bonds. The van der Waals surface area contributed by atoms with Crippen molar-refractivity contribution < 1.29 is 23.0 Å². The number of ether oxygens (including phenoxy) is 2. The largest absolute Gasteiger partial charge is 0.502 e. The molecule has 0 radical (unpaired) electrons. The summed E-state index contributed by atoms with van der Waals surface area (Å²) < 4.78 is 38.5. The average Bonchev–Trinajstić information content (AvgIpc) is 3.13. The molecule has 1 atom stereocenters. The molecule has 2 heterocycles.